The molecular formula is C11H16N2O4S. The molecule has 1 amide bonds. The van der Waals surface area contributed by atoms with Crippen LogP contribution in [0, 0.1) is 13.8 Å². The van der Waals surface area contributed by atoms with Crippen LogP contribution in [0.15, 0.2) is 17.0 Å². The molecule has 1 aromatic rings. The minimum absolute atomic E-state index is 0.107. The Bertz CT molecular complexity index is 567. The quantitative estimate of drug-likeness (QED) is 0.810. The number of primary sulfonamides is 1. The molecule has 1 rings (SSSR count). The fraction of sp³-hybridized carbons (Fsp3) is 0.364. The average molecular weight is 272 g/mol. The number of hydrogen-bond donors (Lipinski definition) is 2. The number of nitrogens with two attached hydrogens (primary N) is 1. The fourth-order valence-electron chi connectivity index (χ4n) is 1.52. The van der Waals surface area contributed by atoms with Gasteiger partial charge in [0.05, 0.1) is 0 Å². The highest BCUT2D eigenvalue weighted by Gasteiger charge is 2.18. The van der Waals surface area contributed by atoms with Crippen molar-refractivity contribution >= 4 is 15.9 Å². The zero-order valence-electron chi connectivity index (χ0n) is 10.5. The van der Waals surface area contributed by atoms with E-state index in [4.69, 9.17) is 9.88 Å². The maximum absolute atomic E-state index is 11.5. The first-order valence-electron chi connectivity index (χ1n) is 5.23. The number of rotatable bonds is 4. The third-order valence-electron chi connectivity index (χ3n) is 2.32. The molecule has 0 aromatic heterocycles. The molecule has 18 heavy (non-hydrogen) atoms. The predicted molar refractivity (Wildman–Crippen MR) is 66.9 cm³/mol. The van der Waals surface area contributed by atoms with Gasteiger partial charge in [-0.15, -0.1) is 0 Å². The molecule has 1 aromatic carbocycles. The highest BCUT2D eigenvalue weighted by atomic mass is 32.2. The first kappa shape index (κ1) is 14.5. The number of likely N-dealkylation sites (N-methyl/N-ethyl adjacent to an activating group) is 1. The first-order chi connectivity index (χ1) is 8.25. The van der Waals surface area contributed by atoms with Gasteiger partial charge in [-0.1, -0.05) is 6.07 Å². The van der Waals surface area contributed by atoms with Crippen LogP contribution in [0.1, 0.15) is 11.1 Å². The Morgan fingerprint density at radius 3 is 2.50 bits per heavy atom. The summed E-state index contributed by atoms with van der Waals surface area (Å²) in [5, 5.41) is 7.51. The number of ether oxygens (including phenoxy) is 1. The molecule has 0 saturated carbocycles. The molecule has 0 heterocycles. The second-order valence-electron chi connectivity index (χ2n) is 3.92. The van der Waals surface area contributed by atoms with Crippen molar-refractivity contribution in [2.45, 2.75) is 18.7 Å². The van der Waals surface area contributed by atoms with Gasteiger partial charge in [0, 0.05) is 7.05 Å². The first-order valence-corrected chi connectivity index (χ1v) is 6.77. The van der Waals surface area contributed by atoms with Crippen LogP contribution in [0.5, 0.6) is 5.75 Å². The highest BCUT2D eigenvalue weighted by molar-refractivity contribution is 7.89. The molecule has 3 N–H and O–H groups in total. The van der Waals surface area contributed by atoms with Crippen LogP contribution < -0.4 is 15.2 Å². The van der Waals surface area contributed by atoms with Gasteiger partial charge in [-0.2, -0.15) is 0 Å². The standard InChI is InChI=1S/C11H16N2O4S/c1-7-4-8(2)11(17-6-10(14)13-3)9(5-7)18(12,15)16/h4-5H,6H2,1-3H3,(H,13,14)(H2,12,15,16). The van der Waals surface area contributed by atoms with Gasteiger partial charge in [-0.3, -0.25) is 4.79 Å². The molecule has 0 aliphatic heterocycles. The molecule has 0 bridgehead atoms. The number of nitrogens with one attached hydrogen (secondary N) is 1. The second-order valence-corrected chi connectivity index (χ2v) is 5.45. The van der Waals surface area contributed by atoms with Gasteiger partial charge in [-0.25, -0.2) is 13.6 Å². The van der Waals surface area contributed by atoms with Crippen molar-refractivity contribution in [1.29, 1.82) is 0 Å². The van der Waals surface area contributed by atoms with Crippen molar-refractivity contribution < 1.29 is 17.9 Å². The fourth-order valence-corrected chi connectivity index (χ4v) is 2.35. The minimum Gasteiger partial charge on any atom is -0.482 e. The molecule has 0 unspecified atom stereocenters. The second kappa shape index (κ2) is 5.36. The molecule has 0 atom stereocenters. The monoisotopic (exact) mass is 272 g/mol. The van der Waals surface area contributed by atoms with Gasteiger partial charge in [0.25, 0.3) is 5.91 Å². The molecule has 0 spiro atoms. The Hall–Kier alpha value is -1.60. The normalized spacial score (nSPS) is 11.1. The van der Waals surface area contributed by atoms with E-state index in [1.54, 1.807) is 19.9 Å². The van der Waals surface area contributed by atoms with Gasteiger partial charge in [0.2, 0.25) is 10.0 Å². The van der Waals surface area contributed by atoms with Crippen LogP contribution >= 0.6 is 0 Å². The van der Waals surface area contributed by atoms with E-state index in [2.05, 4.69) is 5.32 Å². The Labute approximate surface area is 106 Å². The number of aryl methyl sites for hydroxylation is 2. The molecule has 100 valence electrons. The molecule has 0 aliphatic carbocycles. The van der Waals surface area contributed by atoms with E-state index in [0.717, 1.165) is 5.56 Å². The van der Waals surface area contributed by atoms with Crippen molar-refractivity contribution in [1.82, 2.24) is 5.32 Å². The van der Waals surface area contributed by atoms with Gasteiger partial charge in [-0.05, 0) is 31.0 Å². The number of carbonyl (C=O) groups excluding carboxylic acids is 1. The lowest BCUT2D eigenvalue weighted by atomic mass is 10.1. The molecule has 7 heteroatoms. The van der Waals surface area contributed by atoms with E-state index in [-0.39, 0.29) is 23.2 Å². The summed E-state index contributed by atoms with van der Waals surface area (Å²) in [5.41, 5.74) is 1.37. The third kappa shape index (κ3) is 3.44. The number of benzene rings is 1. The zero-order chi connectivity index (χ0) is 13.9. The lowest BCUT2D eigenvalue weighted by molar-refractivity contribution is -0.122. The molecule has 0 radical (unpaired) electrons. The number of hydrogen-bond acceptors (Lipinski definition) is 4. The summed E-state index contributed by atoms with van der Waals surface area (Å²) in [6.07, 6.45) is 0. The summed E-state index contributed by atoms with van der Waals surface area (Å²) < 4.78 is 28.2. The van der Waals surface area contributed by atoms with Crippen molar-refractivity contribution in [2.24, 2.45) is 5.14 Å². The summed E-state index contributed by atoms with van der Waals surface area (Å²) in [7, 11) is -2.42. The van der Waals surface area contributed by atoms with E-state index >= 15 is 0 Å². The van der Waals surface area contributed by atoms with Gasteiger partial charge < -0.3 is 10.1 Å². The van der Waals surface area contributed by atoms with Crippen LogP contribution in [0.25, 0.3) is 0 Å². The lowest BCUT2D eigenvalue weighted by Crippen LogP contribution is -2.26. The number of sulfonamides is 1. The van der Waals surface area contributed by atoms with E-state index < -0.39 is 10.0 Å². The van der Waals surface area contributed by atoms with Crippen LogP contribution in [0.4, 0.5) is 0 Å². The lowest BCUT2D eigenvalue weighted by Gasteiger charge is -2.13. The highest BCUT2D eigenvalue weighted by Crippen LogP contribution is 2.28. The smallest absolute Gasteiger partial charge is 0.257 e. The summed E-state index contributed by atoms with van der Waals surface area (Å²) >= 11 is 0. The summed E-state index contributed by atoms with van der Waals surface area (Å²) in [6, 6.07) is 3.18. The summed E-state index contributed by atoms with van der Waals surface area (Å²) in [6.45, 7) is 3.19. The number of carbonyl (C=O) groups is 1. The van der Waals surface area contributed by atoms with Gasteiger partial charge in [0.15, 0.2) is 6.61 Å². The molecule has 0 fully saturated rings. The maximum Gasteiger partial charge on any atom is 0.257 e. The van der Waals surface area contributed by atoms with Crippen LogP contribution in [0.2, 0.25) is 0 Å². The largest absolute Gasteiger partial charge is 0.482 e. The van der Waals surface area contributed by atoms with E-state index in [1.165, 1.54) is 13.1 Å². The van der Waals surface area contributed by atoms with E-state index in [0.29, 0.717) is 5.56 Å². The number of amides is 1. The van der Waals surface area contributed by atoms with Gasteiger partial charge >= 0.3 is 0 Å². The average Bonchev–Trinajstić information content (AvgIpc) is 2.25. The van der Waals surface area contributed by atoms with Crippen LogP contribution in [-0.4, -0.2) is 28.0 Å². The van der Waals surface area contributed by atoms with E-state index in [1.807, 2.05) is 0 Å². The molecule has 0 aliphatic rings. The van der Waals surface area contributed by atoms with Crippen molar-refractivity contribution in [3.8, 4) is 5.75 Å². The Morgan fingerprint density at radius 1 is 1.39 bits per heavy atom. The molecule has 6 nitrogen and oxygen atoms in total. The predicted octanol–water partition coefficient (Wildman–Crippen LogP) is 0.0756. The van der Waals surface area contributed by atoms with Crippen LogP contribution in [0.3, 0.4) is 0 Å². The Balaban J connectivity index is 3.21. The Kier molecular flexibility index (Phi) is 4.31. The van der Waals surface area contributed by atoms with E-state index in [9.17, 15) is 13.2 Å². The van der Waals surface area contributed by atoms with Crippen LogP contribution in [-0.2, 0) is 14.8 Å². The summed E-state index contributed by atoms with van der Waals surface area (Å²) in [5.74, 6) is -0.234. The topological polar surface area (TPSA) is 98.5 Å². The maximum atomic E-state index is 11.5. The SMILES string of the molecule is CNC(=O)COc1c(C)cc(C)cc1S(N)(=O)=O. The van der Waals surface area contributed by atoms with Crippen molar-refractivity contribution in [3.05, 3.63) is 23.3 Å². The van der Waals surface area contributed by atoms with Crippen molar-refractivity contribution in [2.75, 3.05) is 13.7 Å². The van der Waals surface area contributed by atoms with Crippen molar-refractivity contribution in [3.63, 3.8) is 0 Å². The zero-order valence-corrected chi connectivity index (χ0v) is 11.3. The van der Waals surface area contributed by atoms with Gasteiger partial charge in [0.1, 0.15) is 10.6 Å². The third-order valence-corrected chi connectivity index (χ3v) is 3.23. The molecule has 0 saturated heterocycles. The summed E-state index contributed by atoms with van der Waals surface area (Å²) in [4.78, 5) is 11.0. The Morgan fingerprint density at radius 2 is 2.00 bits per heavy atom. The minimum atomic E-state index is -3.89. The molecular weight excluding hydrogens is 256 g/mol.